The average molecular weight is 603 g/mol. The van der Waals surface area contributed by atoms with E-state index < -0.39 is 39.1 Å². The normalized spacial score (nSPS) is 11.7. The molecule has 0 saturated carbocycles. The van der Waals surface area contributed by atoms with Crippen molar-refractivity contribution in [3.8, 4) is 22.4 Å². The van der Waals surface area contributed by atoms with Gasteiger partial charge >= 0.3 is 0 Å². The molecular weight excluding hydrogens is 581 g/mol. The molecule has 0 aliphatic heterocycles. The maximum atomic E-state index is 14.1. The first kappa shape index (κ1) is 28.4. The molecule has 0 aliphatic rings. The molecule has 13 heteroatoms. The summed E-state index contributed by atoms with van der Waals surface area (Å²) in [5, 5.41) is 14.3. The van der Waals surface area contributed by atoms with E-state index in [-0.39, 0.29) is 36.4 Å². The van der Waals surface area contributed by atoms with E-state index in [2.05, 4.69) is 10.1 Å². The SMILES string of the molecule is O=C(NS(=O)(=O)CCCO)c1[nH]c2cc(Cl)ccc2c1-c1c(-c2ccccc2)cnn1Cc1cc(F)c(F)c(F)c1. The molecule has 0 fully saturated rings. The van der Waals surface area contributed by atoms with Gasteiger partial charge in [0.25, 0.3) is 5.91 Å². The predicted octanol–water partition coefficient (Wildman–Crippen LogP) is 5.26. The van der Waals surface area contributed by atoms with E-state index in [9.17, 15) is 26.4 Å². The number of aromatic amines is 1. The van der Waals surface area contributed by atoms with Crippen LogP contribution in [0.15, 0.2) is 66.9 Å². The van der Waals surface area contributed by atoms with Gasteiger partial charge in [0, 0.05) is 33.7 Å². The van der Waals surface area contributed by atoms with E-state index in [0.29, 0.717) is 32.7 Å². The molecule has 0 saturated heterocycles. The Balaban J connectivity index is 1.74. The minimum Gasteiger partial charge on any atom is -0.396 e. The number of nitrogens with one attached hydrogen (secondary N) is 2. The highest BCUT2D eigenvalue weighted by Crippen LogP contribution is 2.40. The zero-order valence-corrected chi connectivity index (χ0v) is 22.7. The molecule has 0 aliphatic carbocycles. The summed E-state index contributed by atoms with van der Waals surface area (Å²) >= 11 is 6.20. The lowest BCUT2D eigenvalue weighted by Crippen LogP contribution is -2.33. The summed E-state index contributed by atoms with van der Waals surface area (Å²) < 4.78 is 70.2. The Labute approximate surface area is 237 Å². The second kappa shape index (κ2) is 11.4. The monoisotopic (exact) mass is 602 g/mol. The Morgan fingerprint density at radius 1 is 1.05 bits per heavy atom. The predicted molar refractivity (Wildman–Crippen MR) is 148 cm³/mol. The summed E-state index contributed by atoms with van der Waals surface area (Å²) in [6.45, 7) is -0.595. The number of benzene rings is 3. The summed E-state index contributed by atoms with van der Waals surface area (Å²) in [7, 11) is -4.10. The van der Waals surface area contributed by atoms with Crippen LogP contribution in [-0.4, -0.2) is 46.6 Å². The van der Waals surface area contributed by atoms with Crippen molar-refractivity contribution in [1.82, 2.24) is 19.5 Å². The highest BCUT2D eigenvalue weighted by Gasteiger charge is 2.28. The molecule has 5 rings (SSSR count). The van der Waals surface area contributed by atoms with Gasteiger partial charge in [-0.1, -0.05) is 48.0 Å². The molecule has 5 aromatic rings. The van der Waals surface area contributed by atoms with Gasteiger partial charge in [0.05, 0.1) is 24.2 Å². The molecule has 3 N–H and O–H groups in total. The van der Waals surface area contributed by atoms with Crippen LogP contribution in [0.2, 0.25) is 5.02 Å². The number of rotatable bonds is 9. The largest absolute Gasteiger partial charge is 0.396 e. The van der Waals surface area contributed by atoms with E-state index in [1.807, 2.05) is 10.8 Å². The number of carbonyl (C=O) groups is 1. The van der Waals surface area contributed by atoms with Crippen LogP contribution in [0.5, 0.6) is 0 Å². The zero-order chi connectivity index (χ0) is 29.3. The van der Waals surface area contributed by atoms with E-state index in [4.69, 9.17) is 16.7 Å². The maximum Gasteiger partial charge on any atom is 0.281 e. The van der Waals surface area contributed by atoms with Gasteiger partial charge in [-0.15, -0.1) is 0 Å². The highest BCUT2D eigenvalue weighted by molar-refractivity contribution is 7.90. The van der Waals surface area contributed by atoms with Crippen molar-refractivity contribution in [3.63, 3.8) is 0 Å². The third-order valence-corrected chi connectivity index (χ3v) is 7.90. The number of H-pyrrole nitrogens is 1. The number of aromatic nitrogens is 3. The van der Waals surface area contributed by atoms with Gasteiger partial charge in [0.15, 0.2) is 17.5 Å². The number of nitrogens with zero attached hydrogens (tertiary/aromatic N) is 2. The van der Waals surface area contributed by atoms with E-state index in [1.165, 1.54) is 10.9 Å². The quantitative estimate of drug-likeness (QED) is 0.199. The number of aliphatic hydroxyl groups is 1. The Morgan fingerprint density at radius 2 is 1.76 bits per heavy atom. The van der Waals surface area contributed by atoms with Crippen LogP contribution in [0.1, 0.15) is 22.5 Å². The topological polar surface area (TPSA) is 117 Å². The first-order valence-electron chi connectivity index (χ1n) is 12.3. The van der Waals surface area contributed by atoms with Crippen molar-refractivity contribution < 1.29 is 31.5 Å². The summed E-state index contributed by atoms with van der Waals surface area (Å²) in [4.78, 5) is 16.4. The molecule has 8 nitrogen and oxygen atoms in total. The minimum atomic E-state index is -4.10. The van der Waals surface area contributed by atoms with Crippen molar-refractivity contribution in [1.29, 1.82) is 0 Å². The summed E-state index contributed by atoms with van der Waals surface area (Å²) in [5.74, 6) is -5.80. The van der Waals surface area contributed by atoms with E-state index in [0.717, 1.165) is 12.1 Å². The standard InChI is InChI=1S/C28H22ClF3N4O4S/c29-18-7-8-19-23(13-18)34-26(28(38)35-41(39,40)10-4-9-37)24(19)27-20(17-5-2-1-3-6-17)14-33-36(27)15-16-11-21(30)25(32)22(31)12-16/h1-3,5-8,11-14,34,37H,4,9-10,15H2,(H,35,38). The first-order chi connectivity index (χ1) is 19.6. The molecule has 3 aromatic carbocycles. The molecule has 0 radical (unpaired) electrons. The third kappa shape index (κ3) is 5.85. The lowest BCUT2D eigenvalue weighted by Gasteiger charge is -2.13. The third-order valence-electron chi connectivity index (χ3n) is 6.34. The fourth-order valence-corrected chi connectivity index (χ4v) is 5.72. The molecule has 0 spiro atoms. The molecule has 1 amide bonds. The first-order valence-corrected chi connectivity index (χ1v) is 14.3. The molecule has 212 valence electrons. The molecule has 0 atom stereocenters. The van der Waals surface area contributed by atoms with Crippen molar-refractivity contribution in [2.75, 3.05) is 12.4 Å². The summed E-state index contributed by atoms with van der Waals surface area (Å²) in [5.41, 5.74) is 2.14. The minimum absolute atomic E-state index is 0.0610. The van der Waals surface area contributed by atoms with E-state index >= 15 is 0 Å². The lowest BCUT2D eigenvalue weighted by molar-refractivity contribution is 0.0978. The number of sulfonamides is 1. The summed E-state index contributed by atoms with van der Waals surface area (Å²) in [6.07, 6.45) is 1.43. The highest BCUT2D eigenvalue weighted by atomic mass is 35.5. The number of fused-ring (bicyclic) bond motifs is 1. The Kier molecular flexibility index (Phi) is 7.89. The van der Waals surface area contributed by atoms with Crippen LogP contribution in [0.25, 0.3) is 33.3 Å². The van der Waals surface area contributed by atoms with Gasteiger partial charge in [0.2, 0.25) is 10.0 Å². The Hall–Kier alpha value is -4.13. The number of hydrogen-bond donors (Lipinski definition) is 3. The lowest BCUT2D eigenvalue weighted by atomic mass is 9.98. The average Bonchev–Trinajstić information content (AvgIpc) is 3.51. The number of amides is 1. The van der Waals surface area contributed by atoms with Crippen LogP contribution < -0.4 is 4.72 Å². The summed E-state index contributed by atoms with van der Waals surface area (Å²) in [6, 6.07) is 15.5. The maximum absolute atomic E-state index is 14.1. The van der Waals surface area contributed by atoms with E-state index in [1.54, 1.807) is 42.5 Å². The van der Waals surface area contributed by atoms with Crippen LogP contribution in [0.4, 0.5) is 13.2 Å². The second-order valence-electron chi connectivity index (χ2n) is 9.20. The zero-order valence-electron chi connectivity index (χ0n) is 21.2. The number of halogens is 4. The molecular formula is C28H22ClF3N4O4S. The van der Waals surface area contributed by atoms with Gasteiger partial charge in [-0.2, -0.15) is 5.10 Å². The van der Waals surface area contributed by atoms with Gasteiger partial charge < -0.3 is 10.1 Å². The molecule has 41 heavy (non-hydrogen) atoms. The fraction of sp³-hybridized carbons (Fsp3) is 0.143. The van der Waals surface area contributed by atoms with Gasteiger partial charge in [-0.25, -0.2) is 26.3 Å². The van der Waals surface area contributed by atoms with Gasteiger partial charge in [-0.05, 0) is 41.8 Å². The van der Waals surface area contributed by atoms with Crippen molar-refractivity contribution in [3.05, 3.63) is 101 Å². The van der Waals surface area contributed by atoms with Crippen molar-refractivity contribution in [2.24, 2.45) is 0 Å². The molecule has 2 heterocycles. The van der Waals surface area contributed by atoms with Crippen molar-refractivity contribution >= 4 is 38.4 Å². The second-order valence-corrected chi connectivity index (χ2v) is 11.5. The molecule has 2 aromatic heterocycles. The Bertz CT molecular complexity index is 1850. The molecule has 0 unspecified atom stereocenters. The molecule has 0 bridgehead atoms. The van der Waals surface area contributed by atoms with Crippen LogP contribution in [0, 0.1) is 17.5 Å². The van der Waals surface area contributed by atoms with Gasteiger partial charge in [0.1, 0.15) is 5.69 Å². The number of aliphatic hydroxyl groups excluding tert-OH is 1. The van der Waals surface area contributed by atoms with Crippen molar-refractivity contribution in [2.45, 2.75) is 13.0 Å². The fourth-order valence-electron chi connectivity index (χ4n) is 4.55. The van der Waals surface area contributed by atoms with Crippen LogP contribution in [-0.2, 0) is 16.6 Å². The smallest absolute Gasteiger partial charge is 0.281 e. The Morgan fingerprint density at radius 3 is 2.44 bits per heavy atom. The number of hydrogen-bond acceptors (Lipinski definition) is 5. The van der Waals surface area contributed by atoms with Crippen LogP contribution in [0.3, 0.4) is 0 Å². The van der Waals surface area contributed by atoms with Gasteiger partial charge in [-0.3, -0.25) is 9.48 Å². The number of carbonyl (C=O) groups excluding carboxylic acids is 1. The van der Waals surface area contributed by atoms with Crippen LogP contribution >= 0.6 is 11.6 Å².